The van der Waals surface area contributed by atoms with Crippen LogP contribution in [-0.2, 0) is 0 Å². The van der Waals surface area contributed by atoms with Crippen molar-refractivity contribution in [2.24, 2.45) is 0 Å². The molecule has 0 bridgehead atoms. The van der Waals surface area contributed by atoms with E-state index in [2.05, 4.69) is 28.0 Å². The molecule has 0 N–H and O–H groups in total. The highest BCUT2D eigenvalue weighted by molar-refractivity contribution is 6.31. The molecule has 1 heterocycles. The second kappa shape index (κ2) is 6.61. The minimum atomic E-state index is 0.113. The van der Waals surface area contributed by atoms with E-state index in [-0.39, 0.29) is 10.6 Å². The van der Waals surface area contributed by atoms with E-state index in [9.17, 15) is 0 Å². The minimum Gasteiger partial charge on any atom is -0.198 e. The molecule has 0 aliphatic heterocycles. The first-order valence-electron chi connectivity index (χ1n) is 5.07. The largest absolute Gasteiger partial charge is 0.227 e. The Bertz CT molecular complexity index is 393. The Balaban J connectivity index is 3.10. The van der Waals surface area contributed by atoms with Crippen molar-refractivity contribution in [2.45, 2.75) is 26.7 Å². The van der Waals surface area contributed by atoms with E-state index in [4.69, 9.17) is 23.2 Å². The summed E-state index contributed by atoms with van der Waals surface area (Å²) in [5.41, 5.74) is 0.913. The van der Waals surface area contributed by atoms with Gasteiger partial charge in [0.15, 0.2) is 5.82 Å². The first-order valence-corrected chi connectivity index (χ1v) is 5.83. The maximum Gasteiger partial charge on any atom is 0.227 e. The average molecular weight is 258 g/mol. The van der Waals surface area contributed by atoms with Crippen molar-refractivity contribution >= 4 is 28.8 Å². The Morgan fingerprint density at radius 1 is 1.19 bits per heavy atom. The third-order valence-electron chi connectivity index (χ3n) is 1.84. The molecule has 3 nitrogen and oxygen atoms in total. The fraction of sp³-hybridized carbons (Fsp3) is 0.364. The summed E-state index contributed by atoms with van der Waals surface area (Å²) in [7, 11) is 0. The van der Waals surface area contributed by atoms with Gasteiger partial charge in [0, 0.05) is 5.57 Å². The Morgan fingerprint density at radius 3 is 2.31 bits per heavy atom. The molecule has 1 aromatic rings. The van der Waals surface area contributed by atoms with Gasteiger partial charge in [-0.2, -0.15) is 15.0 Å². The second-order valence-corrected chi connectivity index (χ2v) is 3.82. The summed E-state index contributed by atoms with van der Waals surface area (Å²) < 4.78 is 0. The van der Waals surface area contributed by atoms with Crippen LogP contribution in [0, 0.1) is 0 Å². The van der Waals surface area contributed by atoms with Crippen LogP contribution < -0.4 is 0 Å². The molecule has 16 heavy (non-hydrogen) atoms. The van der Waals surface area contributed by atoms with E-state index < -0.39 is 0 Å². The summed E-state index contributed by atoms with van der Waals surface area (Å²) in [5, 5.41) is 0.226. The number of halogens is 2. The van der Waals surface area contributed by atoms with E-state index >= 15 is 0 Å². The van der Waals surface area contributed by atoms with Crippen LogP contribution in [0.25, 0.3) is 5.57 Å². The zero-order chi connectivity index (χ0) is 12.0. The predicted octanol–water partition coefficient (Wildman–Crippen LogP) is 3.94. The first kappa shape index (κ1) is 13.1. The molecule has 86 valence electrons. The summed E-state index contributed by atoms with van der Waals surface area (Å²) in [5.74, 6) is 0.511. The van der Waals surface area contributed by atoms with Crippen molar-refractivity contribution in [3.63, 3.8) is 0 Å². The van der Waals surface area contributed by atoms with E-state index in [1.54, 1.807) is 0 Å². The van der Waals surface area contributed by atoms with Gasteiger partial charge in [-0.05, 0) is 36.5 Å². The number of unbranched alkanes of at least 4 members (excludes halogenated alkanes) is 1. The summed E-state index contributed by atoms with van der Waals surface area (Å²) in [6.07, 6.45) is 7.93. The van der Waals surface area contributed by atoms with Gasteiger partial charge in [-0.15, -0.1) is 0 Å². The van der Waals surface area contributed by atoms with E-state index in [0.29, 0.717) is 5.82 Å². The van der Waals surface area contributed by atoms with E-state index in [1.807, 2.05) is 19.1 Å². The van der Waals surface area contributed by atoms with Gasteiger partial charge < -0.3 is 0 Å². The Hall–Kier alpha value is -0.930. The Labute approximate surface area is 105 Å². The van der Waals surface area contributed by atoms with Crippen LogP contribution in [0.15, 0.2) is 18.2 Å². The quantitative estimate of drug-likeness (QED) is 0.768. The number of hydrogen-bond donors (Lipinski definition) is 0. The molecule has 0 aromatic carbocycles. The van der Waals surface area contributed by atoms with Crippen molar-refractivity contribution in [2.75, 3.05) is 0 Å². The molecule has 0 radical (unpaired) electrons. The van der Waals surface area contributed by atoms with Crippen LogP contribution in [0.1, 0.15) is 32.5 Å². The van der Waals surface area contributed by atoms with Gasteiger partial charge in [-0.3, -0.25) is 0 Å². The monoisotopic (exact) mass is 257 g/mol. The van der Waals surface area contributed by atoms with Gasteiger partial charge in [-0.1, -0.05) is 31.6 Å². The van der Waals surface area contributed by atoms with Crippen molar-refractivity contribution in [1.82, 2.24) is 15.0 Å². The highest BCUT2D eigenvalue weighted by Crippen LogP contribution is 2.16. The van der Waals surface area contributed by atoms with E-state index in [1.165, 1.54) is 0 Å². The summed E-state index contributed by atoms with van der Waals surface area (Å²) >= 11 is 11.5. The molecule has 1 aromatic heterocycles. The van der Waals surface area contributed by atoms with Crippen LogP contribution in [0.3, 0.4) is 0 Å². The average Bonchev–Trinajstić information content (AvgIpc) is 2.22. The van der Waals surface area contributed by atoms with Gasteiger partial charge in [0.05, 0.1) is 0 Å². The maximum absolute atomic E-state index is 5.73. The van der Waals surface area contributed by atoms with Crippen LogP contribution in [0.4, 0.5) is 0 Å². The van der Waals surface area contributed by atoms with Crippen molar-refractivity contribution < 1.29 is 0 Å². The lowest BCUT2D eigenvalue weighted by atomic mass is 10.1. The molecule has 0 spiro atoms. The smallest absolute Gasteiger partial charge is 0.198 e. The van der Waals surface area contributed by atoms with Crippen LogP contribution in [0.2, 0.25) is 10.6 Å². The zero-order valence-corrected chi connectivity index (χ0v) is 10.8. The highest BCUT2D eigenvalue weighted by atomic mass is 35.5. The van der Waals surface area contributed by atoms with Crippen LogP contribution in [0.5, 0.6) is 0 Å². The molecule has 0 amide bonds. The van der Waals surface area contributed by atoms with Crippen molar-refractivity contribution in [1.29, 1.82) is 0 Å². The third-order valence-corrected chi connectivity index (χ3v) is 2.18. The molecule has 0 atom stereocenters. The lowest BCUT2D eigenvalue weighted by molar-refractivity contribution is 0.954. The number of nitrogens with zero attached hydrogens (tertiary/aromatic N) is 3. The van der Waals surface area contributed by atoms with Gasteiger partial charge in [0.2, 0.25) is 10.6 Å². The van der Waals surface area contributed by atoms with Gasteiger partial charge in [-0.25, -0.2) is 0 Å². The SMILES string of the molecule is C/C=C\C(=C/CCC)c1nc(Cl)nc(Cl)n1. The molecule has 0 aliphatic rings. The van der Waals surface area contributed by atoms with Crippen LogP contribution in [-0.4, -0.2) is 15.0 Å². The summed E-state index contributed by atoms with van der Waals surface area (Å²) in [6.45, 7) is 4.04. The second-order valence-electron chi connectivity index (χ2n) is 3.15. The zero-order valence-electron chi connectivity index (χ0n) is 9.24. The molecule has 0 aliphatic carbocycles. The lowest BCUT2D eigenvalue weighted by Gasteiger charge is -2.01. The molecule has 5 heteroatoms. The number of allylic oxidation sites excluding steroid dienone is 4. The molecular formula is C11H13Cl2N3. The van der Waals surface area contributed by atoms with Gasteiger partial charge >= 0.3 is 0 Å². The molecule has 0 saturated carbocycles. The maximum atomic E-state index is 5.73. The van der Waals surface area contributed by atoms with Gasteiger partial charge in [0.25, 0.3) is 0 Å². The van der Waals surface area contributed by atoms with E-state index in [0.717, 1.165) is 18.4 Å². The molecule has 0 saturated heterocycles. The highest BCUT2D eigenvalue weighted by Gasteiger charge is 2.05. The standard InChI is InChI=1S/C11H13Cl2N3/c1-3-5-7-8(6-4-2)9-14-10(12)16-11(13)15-9/h4,6-7H,3,5H2,1-2H3/b6-4-,8-7+. The van der Waals surface area contributed by atoms with Crippen molar-refractivity contribution in [3.05, 3.63) is 34.6 Å². The van der Waals surface area contributed by atoms with Gasteiger partial charge in [0.1, 0.15) is 0 Å². The fourth-order valence-electron chi connectivity index (χ4n) is 1.17. The molecule has 1 rings (SSSR count). The third kappa shape index (κ3) is 3.91. The number of rotatable bonds is 4. The summed E-state index contributed by atoms with van der Waals surface area (Å²) in [4.78, 5) is 11.8. The minimum absolute atomic E-state index is 0.113. The normalized spacial score (nSPS) is 12.4. The number of hydrogen-bond acceptors (Lipinski definition) is 3. The Kier molecular flexibility index (Phi) is 5.43. The molecular weight excluding hydrogens is 245 g/mol. The number of aromatic nitrogens is 3. The molecule has 0 unspecified atom stereocenters. The van der Waals surface area contributed by atoms with Crippen molar-refractivity contribution in [3.8, 4) is 0 Å². The van der Waals surface area contributed by atoms with Crippen LogP contribution >= 0.6 is 23.2 Å². The lowest BCUT2D eigenvalue weighted by Crippen LogP contribution is -1.96. The Morgan fingerprint density at radius 2 is 1.81 bits per heavy atom. The predicted molar refractivity (Wildman–Crippen MR) is 67.5 cm³/mol. The summed E-state index contributed by atoms with van der Waals surface area (Å²) in [6, 6.07) is 0. The fourth-order valence-corrected chi connectivity index (χ4v) is 1.53. The topological polar surface area (TPSA) is 38.7 Å². The molecule has 0 fully saturated rings. The first-order chi connectivity index (χ1) is 7.67.